The summed E-state index contributed by atoms with van der Waals surface area (Å²) in [4.78, 5) is 24.5. The van der Waals surface area contributed by atoms with E-state index in [1.165, 1.54) is 0 Å². The molecule has 0 aliphatic carbocycles. The number of alkyl halides is 3. The van der Waals surface area contributed by atoms with Crippen molar-refractivity contribution in [2.24, 2.45) is 17.8 Å². The molecule has 3 atom stereocenters. The number of carbonyl (C=O) groups is 2. The highest BCUT2D eigenvalue weighted by molar-refractivity contribution is 6.30. The predicted molar refractivity (Wildman–Crippen MR) is 89.8 cm³/mol. The van der Waals surface area contributed by atoms with Gasteiger partial charge in [0, 0.05) is 18.1 Å². The summed E-state index contributed by atoms with van der Waals surface area (Å²) >= 11 is 5.85. The van der Waals surface area contributed by atoms with E-state index in [1.54, 1.807) is 24.3 Å². The van der Waals surface area contributed by atoms with E-state index in [0.717, 1.165) is 10.5 Å². The molecule has 5 nitrogen and oxygen atoms in total. The van der Waals surface area contributed by atoms with E-state index in [9.17, 15) is 22.8 Å². The van der Waals surface area contributed by atoms with Gasteiger partial charge in [0.2, 0.25) is 0 Å². The quantitative estimate of drug-likeness (QED) is 0.815. The van der Waals surface area contributed by atoms with Crippen molar-refractivity contribution in [3.8, 4) is 0 Å². The van der Waals surface area contributed by atoms with Crippen LogP contribution in [-0.4, -0.2) is 41.3 Å². The zero-order valence-corrected chi connectivity index (χ0v) is 15.0. The lowest BCUT2D eigenvalue weighted by atomic mass is 9.96. The van der Waals surface area contributed by atoms with Crippen molar-refractivity contribution in [3.05, 3.63) is 34.9 Å². The molecule has 9 heteroatoms. The fourth-order valence-corrected chi connectivity index (χ4v) is 3.21. The first-order valence-corrected chi connectivity index (χ1v) is 8.49. The van der Waals surface area contributed by atoms with Crippen LogP contribution in [0.2, 0.25) is 5.02 Å². The monoisotopic (exact) mass is 392 g/mol. The first-order valence-electron chi connectivity index (χ1n) is 8.11. The maximum absolute atomic E-state index is 13.1. The van der Waals surface area contributed by atoms with Crippen molar-refractivity contribution in [2.45, 2.75) is 26.1 Å². The zero-order chi connectivity index (χ0) is 19.6. The second-order valence-corrected chi connectivity index (χ2v) is 7.16. The molecule has 0 aromatic heterocycles. The maximum Gasteiger partial charge on any atom is 0.394 e. The topological polar surface area (TPSA) is 69.6 Å². The number of benzene rings is 1. The van der Waals surface area contributed by atoms with E-state index in [1.807, 2.05) is 13.8 Å². The number of urea groups is 1. The first-order chi connectivity index (χ1) is 12.0. The van der Waals surface area contributed by atoms with Crippen LogP contribution < -0.4 is 5.32 Å². The van der Waals surface area contributed by atoms with Crippen LogP contribution in [-0.2, 0) is 4.79 Å². The number of carboxylic acids is 1. The Bertz CT molecular complexity index is 664. The van der Waals surface area contributed by atoms with Gasteiger partial charge >= 0.3 is 18.2 Å². The highest BCUT2D eigenvalue weighted by Crippen LogP contribution is 2.38. The minimum atomic E-state index is -4.67. The lowest BCUT2D eigenvalue weighted by Crippen LogP contribution is -2.42. The summed E-state index contributed by atoms with van der Waals surface area (Å²) in [5.74, 6) is -5.32. The van der Waals surface area contributed by atoms with Crippen LogP contribution in [0.1, 0.15) is 25.5 Å². The second-order valence-electron chi connectivity index (χ2n) is 6.72. The van der Waals surface area contributed by atoms with Gasteiger partial charge in [-0.05, 0) is 23.6 Å². The average Bonchev–Trinajstić information content (AvgIpc) is 2.99. The molecule has 1 aliphatic rings. The number of hydrogen-bond acceptors (Lipinski definition) is 2. The van der Waals surface area contributed by atoms with Crippen LogP contribution >= 0.6 is 11.6 Å². The van der Waals surface area contributed by atoms with Crippen molar-refractivity contribution >= 4 is 23.6 Å². The molecule has 1 saturated heterocycles. The molecular formula is C17H20ClF3N2O3. The first kappa shape index (κ1) is 20.4. The van der Waals surface area contributed by atoms with Crippen LogP contribution in [0.5, 0.6) is 0 Å². The Morgan fingerprint density at radius 1 is 1.23 bits per heavy atom. The normalized spacial score (nSPS) is 21.7. The van der Waals surface area contributed by atoms with Crippen LogP contribution in [0.15, 0.2) is 24.3 Å². The van der Waals surface area contributed by atoms with E-state index in [4.69, 9.17) is 16.7 Å². The standard InChI is InChI=1S/C17H20ClF3N2O3/c1-9(2)14(10-3-5-11(18)6-4-10)22-16(26)23-7-12(15(24)25)13(8-23)17(19,20)21/h3-6,9,12-14H,7-8H2,1-2H3,(H,22,26)(H,24,25)/t12-,13-,14?/m1/s1. The van der Waals surface area contributed by atoms with Gasteiger partial charge in [0.25, 0.3) is 0 Å². The summed E-state index contributed by atoms with van der Waals surface area (Å²) in [5.41, 5.74) is 0.763. The number of hydrogen-bond donors (Lipinski definition) is 2. The SMILES string of the molecule is CC(C)C(NC(=O)N1C[C@@H](C(F)(F)F)[C@H](C(=O)O)C1)c1ccc(Cl)cc1. The number of halogens is 4. The Labute approximate surface area is 154 Å². The average molecular weight is 393 g/mol. The lowest BCUT2D eigenvalue weighted by molar-refractivity contribution is -0.187. The molecule has 0 saturated carbocycles. The summed E-state index contributed by atoms with van der Waals surface area (Å²) in [6.07, 6.45) is -4.67. The highest BCUT2D eigenvalue weighted by atomic mass is 35.5. The molecule has 1 aliphatic heterocycles. The number of carboxylic acid groups (broad SMARTS) is 1. The molecule has 26 heavy (non-hydrogen) atoms. The van der Waals surface area contributed by atoms with Crippen LogP contribution in [0.4, 0.5) is 18.0 Å². The van der Waals surface area contributed by atoms with E-state index in [2.05, 4.69) is 5.32 Å². The molecule has 1 aromatic rings. The van der Waals surface area contributed by atoms with E-state index < -0.39 is 49.1 Å². The summed E-state index contributed by atoms with van der Waals surface area (Å²) in [6.45, 7) is 2.58. The Morgan fingerprint density at radius 3 is 2.23 bits per heavy atom. The van der Waals surface area contributed by atoms with E-state index in [0.29, 0.717) is 5.02 Å². The number of nitrogens with one attached hydrogen (secondary N) is 1. The summed E-state index contributed by atoms with van der Waals surface area (Å²) in [6, 6.07) is 5.64. The molecule has 1 fully saturated rings. The highest BCUT2D eigenvalue weighted by Gasteiger charge is 2.53. The molecule has 0 bridgehead atoms. The summed E-state index contributed by atoms with van der Waals surface area (Å²) < 4.78 is 39.2. The van der Waals surface area contributed by atoms with Crippen molar-refractivity contribution in [1.29, 1.82) is 0 Å². The van der Waals surface area contributed by atoms with Gasteiger partial charge in [-0.15, -0.1) is 0 Å². The number of likely N-dealkylation sites (tertiary alicyclic amines) is 1. The van der Waals surface area contributed by atoms with Gasteiger partial charge in [-0.1, -0.05) is 37.6 Å². The van der Waals surface area contributed by atoms with Gasteiger partial charge in [0.1, 0.15) is 0 Å². The number of rotatable bonds is 4. The molecule has 1 unspecified atom stereocenters. The van der Waals surface area contributed by atoms with Crippen molar-refractivity contribution in [1.82, 2.24) is 10.2 Å². The summed E-state index contributed by atoms with van der Waals surface area (Å²) in [5, 5.41) is 12.3. The molecule has 2 N–H and O–H groups in total. The number of aliphatic carboxylic acids is 1. The molecule has 144 valence electrons. The Balaban J connectivity index is 2.14. The predicted octanol–water partition coefficient (Wildman–Crippen LogP) is 3.94. The molecule has 1 aromatic carbocycles. The van der Waals surface area contributed by atoms with Gasteiger partial charge < -0.3 is 15.3 Å². The van der Waals surface area contributed by atoms with Gasteiger partial charge in [0.05, 0.1) is 17.9 Å². The van der Waals surface area contributed by atoms with Crippen LogP contribution in [0, 0.1) is 17.8 Å². The van der Waals surface area contributed by atoms with E-state index in [-0.39, 0.29) is 5.92 Å². The lowest BCUT2D eigenvalue weighted by Gasteiger charge is -2.26. The smallest absolute Gasteiger partial charge is 0.394 e. The number of carbonyl (C=O) groups excluding carboxylic acids is 1. The molecule has 2 rings (SSSR count). The fraction of sp³-hybridized carbons (Fsp3) is 0.529. The third-order valence-corrected chi connectivity index (χ3v) is 4.77. The maximum atomic E-state index is 13.1. The molecule has 0 radical (unpaired) electrons. The zero-order valence-electron chi connectivity index (χ0n) is 14.3. The van der Waals surface area contributed by atoms with Gasteiger partial charge in [-0.3, -0.25) is 4.79 Å². The van der Waals surface area contributed by atoms with Crippen molar-refractivity contribution < 1.29 is 27.9 Å². The molecule has 1 heterocycles. The van der Waals surface area contributed by atoms with Gasteiger partial charge in [0.15, 0.2) is 0 Å². The Hall–Kier alpha value is -1.96. The number of amides is 2. The fourth-order valence-electron chi connectivity index (χ4n) is 3.08. The van der Waals surface area contributed by atoms with Crippen LogP contribution in [0.25, 0.3) is 0 Å². The Kier molecular flexibility index (Phi) is 6.05. The van der Waals surface area contributed by atoms with Gasteiger partial charge in [-0.25, -0.2) is 4.79 Å². The number of nitrogens with zero attached hydrogens (tertiary/aromatic N) is 1. The minimum absolute atomic E-state index is 0.0311. The molecular weight excluding hydrogens is 373 g/mol. The molecule has 0 spiro atoms. The summed E-state index contributed by atoms with van der Waals surface area (Å²) in [7, 11) is 0. The Morgan fingerprint density at radius 2 is 1.81 bits per heavy atom. The molecule has 2 amide bonds. The largest absolute Gasteiger partial charge is 0.481 e. The van der Waals surface area contributed by atoms with Gasteiger partial charge in [-0.2, -0.15) is 13.2 Å². The third-order valence-electron chi connectivity index (χ3n) is 4.52. The minimum Gasteiger partial charge on any atom is -0.481 e. The van der Waals surface area contributed by atoms with E-state index >= 15 is 0 Å². The second kappa shape index (κ2) is 7.73. The third kappa shape index (κ3) is 4.60. The van der Waals surface area contributed by atoms with Crippen LogP contribution in [0.3, 0.4) is 0 Å². The van der Waals surface area contributed by atoms with Crippen molar-refractivity contribution in [3.63, 3.8) is 0 Å². The van der Waals surface area contributed by atoms with Crippen molar-refractivity contribution in [2.75, 3.05) is 13.1 Å².